The maximum Gasteiger partial charge on any atom is 0.295 e. The van der Waals surface area contributed by atoms with Gasteiger partial charge in [-0.1, -0.05) is 41.9 Å². The first-order chi connectivity index (χ1) is 15.1. The number of ether oxygens (including phenoxy) is 1. The van der Waals surface area contributed by atoms with E-state index in [2.05, 4.69) is 4.90 Å². The summed E-state index contributed by atoms with van der Waals surface area (Å²) in [5, 5.41) is 11.5. The highest BCUT2D eigenvalue weighted by Gasteiger charge is 2.45. The van der Waals surface area contributed by atoms with E-state index >= 15 is 0 Å². The lowest BCUT2D eigenvalue weighted by Gasteiger charge is -2.29. The highest BCUT2D eigenvalue weighted by molar-refractivity contribution is 6.46. The molecule has 0 saturated carbocycles. The number of Topliss-reactive ketones (excluding diaryl/α,β-unsaturated/α-hetero) is 1. The van der Waals surface area contributed by atoms with Gasteiger partial charge in [0.25, 0.3) is 11.7 Å². The molecule has 2 aromatic carbocycles. The minimum Gasteiger partial charge on any atom is -0.507 e. The molecule has 2 saturated heterocycles. The van der Waals surface area contributed by atoms with Crippen LogP contribution in [0.25, 0.3) is 5.76 Å². The number of morpholine rings is 1. The largest absolute Gasteiger partial charge is 0.507 e. The predicted molar refractivity (Wildman–Crippen MR) is 119 cm³/mol. The molecule has 2 aliphatic heterocycles. The third kappa shape index (κ3) is 4.66. The summed E-state index contributed by atoms with van der Waals surface area (Å²) >= 11 is 5.96. The molecule has 162 valence electrons. The third-order valence-electron chi connectivity index (χ3n) is 5.75. The maximum absolute atomic E-state index is 13.0. The number of carbonyl (C=O) groups excluding carboxylic acids is 2. The SMILES string of the molecule is O=C1C(=O)N(CCCN2CCOCC2)[C@@H](c2ccccc2)/C1=C(\O)c1ccc(Cl)cc1. The van der Waals surface area contributed by atoms with Crippen LogP contribution in [0.3, 0.4) is 0 Å². The molecule has 7 heteroatoms. The molecule has 0 radical (unpaired) electrons. The Hall–Kier alpha value is -2.67. The van der Waals surface area contributed by atoms with E-state index in [4.69, 9.17) is 16.3 Å². The molecule has 0 unspecified atom stereocenters. The van der Waals surface area contributed by atoms with Crippen molar-refractivity contribution in [1.82, 2.24) is 9.80 Å². The van der Waals surface area contributed by atoms with Crippen molar-refractivity contribution < 1.29 is 19.4 Å². The number of halogens is 1. The Morgan fingerprint density at radius 1 is 1.00 bits per heavy atom. The molecule has 2 aliphatic rings. The van der Waals surface area contributed by atoms with Crippen LogP contribution in [0.4, 0.5) is 0 Å². The molecule has 0 aliphatic carbocycles. The molecule has 0 spiro atoms. The average Bonchev–Trinajstić information content (AvgIpc) is 3.05. The summed E-state index contributed by atoms with van der Waals surface area (Å²) in [6, 6.07) is 15.3. The fourth-order valence-corrected chi connectivity index (χ4v) is 4.27. The molecular formula is C24H25ClN2O4. The first kappa shape index (κ1) is 21.6. The predicted octanol–water partition coefficient (Wildman–Crippen LogP) is 3.48. The van der Waals surface area contributed by atoms with E-state index in [9.17, 15) is 14.7 Å². The van der Waals surface area contributed by atoms with Gasteiger partial charge in [-0.3, -0.25) is 14.5 Å². The lowest BCUT2D eigenvalue weighted by atomic mass is 9.95. The fourth-order valence-electron chi connectivity index (χ4n) is 4.15. The zero-order valence-corrected chi connectivity index (χ0v) is 17.9. The van der Waals surface area contributed by atoms with E-state index in [0.29, 0.717) is 17.1 Å². The molecule has 4 rings (SSSR count). The lowest BCUT2D eigenvalue weighted by molar-refractivity contribution is -0.140. The zero-order chi connectivity index (χ0) is 21.8. The van der Waals surface area contributed by atoms with Gasteiger partial charge in [0.2, 0.25) is 0 Å². The molecular weight excluding hydrogens is 416 g/mol. The van der Waals surface area contributed by atoms with Crippen LogP contribution in [0.2, 0.25) is 5.02 Å². The quantitative estimate of drug-likeness (QED) is 0.423. The minimum absolute atomic E-state index is 0.116. The van der Waals surface area contributed by atoms with Gasteiger partial charge in [0.05, 0.1) is 24.8 Å². The van der Waals surface area contributed by atoms with Crippen LogP contribution in [0.15, 0.2) is 60.2 Å². The van der Waals surface area contributed by atoms with E-state index in [-0.39, 0.29) is 11.3 Å². The molecule has 1 amide bonds. The van der Waals surface area contributed by atoms with Gasteiger partial charge in [-0.25, -0.2) is 0 Å². The second kappa shape index (κ2) is 9.64. The van der Waals surface area contributed by atoms with Crippen LogP contribution in [0.1, 0.15) is 23.6 Å². The number of hydrogen-bond acceptors (Lipinski definition) is 5. The highest BCUT2D eigenvalue weighted by Crippen LogP contribution is 2.39. The molecule has 6 nitrogen and oxygen atoms in total. The first-order valence-corrected chi connectivity index (χ1v) is 10.8. The Bertz CT molecular complexity index is 969. The van der Waals surface area contributed by atoms with Crippen molar-refractivity contribution >= 4 is 29.1 Å². The summed E-state index contributed by atoms with van der Waals surface area (Å²) in [7, 11) is 0. The van der Waals surface area contributed by atoms with Gasteiger partial charge in [0.1, 0.15) is 5.76 Å². The monoisotopic (exact) mass is 440 g/mol. The first-order valence-electron chi connectivity index (χ1n) is 10.5. The van der Waals surface area contributed by atoms with Crippen molar-refractivity contribution in [2.24, 2.45) is 0 Å². The number of aliphatic hydroxyl groups is 1. The van der Waals surface area contributed by atoms with Gasteiger partial charge in [0.15, 0.2) is 0 Å². The Kier molecular flexibility index (Phi) is 6.70. The summed E-state index contributed by atoms with van der Waals surface area (Å²) in [6.07, 6.45) is 0.733. The molecule has 0 aromatic heterocycles. The van der Waals surface area contributed by atoms with Crippen LogP contribution >= 0.6 is 11.6 Å². The number of nitrogens with zero attached hydrogens (tertiary/aromatic N) is 2. The topological polar surface area (TPSA) is 70.1 Å². The van der Waals surface area contributed by atoms with Crippen molar-refractivity contribution in [3.05, 3.63) is 76.3 Å². The summed E-state index contributed by atoms with van der Waals surface area (Å²) in [4.78, 5) is 29.8. The van der Waals surface area contributed by atoms with Gasteiger partial charge < -0.3 is 14.7 Å². The summed E-state index contributed by atoms with van der Waals surface area (Å²) in [5.41, 5.74) is 1.37. The van der Waals surface area contributed by atoms with Crippen molar-refractivity contribution in [2.45, 2.75) is 12.5 Å². The molecule has 2 aromatic rings. The number of ketones is 1. The van der Waals surface area contributed by atoms with Crippen LogP contribution in [-0.4, -0.2) is 66.0 Å². The Morgan fingerprint density at radius 3 is 2.35 bits per heavy atom. The molecule has 2 heterocycles. The van der Waals surface area contributed by atoms with Gasteiger partial charge in [-0.2, -0.15) is 0 Å². The van der Waals surface area contributed by atoms with E-state index in [1.54, 1.807) is 29.2 Å². The van der Waals surface area contributed by atoms with Gasteiger partial charge in [-0.15, -0.1) is 0 Å². The van der Waals surface area contributed by atoms with E-state index in [0.717, 1.165) is 44.8 Å². The normalized spacial score (nSPS) is 21.6. The second-order valence-electron chi connectivity index (χ2n) is 7.72. The number of carbonyl (C=O) groups is 2. The molecule has 1 N–H and O–H groups in total. The number of rotatable bonds is 6. The van der Waals surface area contributed by atoms with Crippen LogP contribution in [-0.2, 0) is 14.3 Å². The summed E-state index contributed by atoms with van der Waals surface area (Å²) in [6.45, 7) is 4.43. The standard InChI is InChI=1S/C24H25ClN2O4/c25-19-9-7-18(8-10-19)22(28)20-21(17-5-2-1-3-6-17)27(24(30)23(20)29)12-4-11-26-13-15-31-16-14-26/h1-3,5-10,21,28H,4,11-16H2/b22-20+/t21-/m0/s1. The maximum atomic E-state index is 13.0. The molecule has 1 atom stereocenters. The number of hydrogen-bond donors (Lipinski definition) is 1. The Morgan fingerprint density at radius 2 is 1.68 bits per heavy atom. The van der Waals surface area contributed by atoms with Gasteiger partial charge >= 0.3 is 0 Å². The smallest absolute Gasteiger partial charge is 0.295 e. The van der Waals surface area contributed by atoms with Gasteiger partial charge in [-0.05, 0) is 36.2 Å². The van der Waals surface area contributed by atoms with Gasteiger partial charge in [0, 0.05) is 36.8 Å². The molecule has 2 fully saturated rings. The Balaban J connectivity index is 1.64. The number of amides is 1. The van der Waals surface area contributed by atoms with E-state index in [1.165, 1.54) is 0 Å². The van der Waals surface area contributed by atoms with Crippen LogP contribution < -0.4 is 0 Å². The average molecular weight is 441 g/mol. The van der Waals surface area contributed by atoms with Crippen molar-refractivity contribution in [3.8, 4) is 0 Å². The number of aliphatic hydroxyl groups excluding tert-OH is 1. The second-order valence-corrected chi connectivity index (χ2v) is 8.15. The molecule has 31 heavy (non-hydrogen) atoms. The Labute approximate surface area is 186 Å². The summed E-state index contributed by atoms with van der Waals surface area (Å²) < 4.78 is 5.38. The molecule has 0 bridgehead atoms. The van der Waals surface area contributed by atoms with Crippen molar-refractivity contribution in [2.75, 3.05) is 39.4 Å². The third-order valence-corrected chi connectivity index (χ3v) is 6.00. The van der Waals surface area contributed by atoms with Crippen LogP contribution in [0.5, 0.6) is 0 Å². The lowest BCUT2D eigenvalue weighted by Crippen LogP contribution is -2.38. The van der Waals surface area contributed by atoms with Crippen molar-refractivity contribution in [1.29, 1.82) is 0 Å². The van der Waals surface area contributed by atoms with Crippen LogP contribution in [0, 0.1) is 0 Å². The van der Waals surface area contributed by atoms with E-state index < -0.39 is 17.7 Å². The highest BCUT2D eigenvalue weighted by atomic mass is 35.5. The number of benzene rings is 2. The zero-order valence-electron chi connectivity index (χ0n) is 17.2. The minimum atomic E-state index is -0.660. The van der Waals surface area contributed by atoms with E-state index in [1.807, 2.05) is 30.3 Å². The summed E-state index contributed by atoms with van der Waals surface area (Å²) in [5.74, 6) is -1.42. The van der Waals surface area contributed by atoms with Crippen molar-refractivity contribution in [3.63, 3.8) is 0 Å². The fraction of sp³-hybridized carbons (Fsp3) is 0.333. The number of likely N-dealkylation sites (tertiary alicyclic amines) is 1.